The van der Waals surface area contributed by atoms with Crippen LogP contribution in [0.3, 0.4) is 0 Å². The Morgan fingerprint density at radius 2 is 2.11 bits per heavy atom. The summed E-state index contributed by atoms with van der Waals surface area (Å²) in [6, 6.07) is 4.26. The van der Waals surface area contributed by atoms with E-state index in [0.29, 0.717) is 12.2 Å². The SMILES string of the molecule is Cc1ccc(F)cc1NC(=O)CN(C)CC(C)(C)O. The molecule has 0 aromatic heterocycles. The molecule has 0 saturated carbocycles. The molecule has 0 aliphatic carbocycles. The number of halogens is 1. The van der Waals surface area contributed by atoms with E-state index in [0.717, 1.165) is 5.56 Å². The van der Waals surface area contributed by atoms with Crippen LogP contribution in [0.25, 0.3) is 0 Å². The van der Waals surface area contributed by atoms with Crippen molar-refractivity contribution in [2.45, 2.75) is 26.4 Å². The molecule has 106 valence electrons. The molecule has 0 atom stereocenters. The number of hydrogen-bond acceptors (Lipinski definition) is 3. The number of nitrogens with one attached hydrogen (secondary N) is 1. The number of benzene rings is 1. The first-order valence-electron chi connectivity index (χ1n) is 6.14. The van der Waals surface area contributed by atoms with Gasteiger partial charge in [0.2, 0.25) is 5.91 Å². The summed E-state index contributed by atoms with van der Waals surface area (Å²) in [6.07, 6.45) is 0. The fourth-order valence-corrected chi connectivity index (χ4v) is 1.88. The molecule has 0 unspecified atom stereocenters. The molecule has 0 aliphatic rings. The highest BCUT2D eigenvalue weighted by Gasteiger charge is 2.17. The van der Waals surface area contributed by atoms with Gasteiger partial charge in [-0.3, -0.25) is 9.69 Å². The molecule has 1 aromatic carbocycles. The van der Waals surface area contributed by atoms with Crippen LogP contribution in [0.15, 0.2) is 18.2 Å². The Balaban J connectivity index is 2.58. The standard InChI is InChI=1S/C14H21FN2O2/c1-10-5-6-11(15)7-12(10)16-13(18)8-17(4)9-14(2,3)19/h5-7,19H,8-9H2,1-4H3,(H,16,18). The number of aliphatic hydroxyl groups is 1. The molecule has 0 spiro atoms. The zero-order valence-corrected chi connectivity index (χ0v) is 11.8. The first-order chi connectivity index (χ1) is 8.67. The van der Waals surface area contributed by atoms with Crippen molar-refractivity contribution in [3.8, 4) is 0 Å². The summed E-state index contributed by atoms with van der Waals surface area (Å²) in [7, 11) is 1.75. The molecule has 1 aromatic rings. The number of rotatable bonds is 5. The molecule has 0 heterocycles. The van der Waals surface area contributed by atoms with Crippen molar-refractivity contribution in [2.24, 2.45) is 0 Å². The van der Waals surface area contributed by atoms with Crippen molar-refractivity contribution in [1.29, 1.82) is 0 Å². The van der Waals surface area contributed by atoms with Gasteiger partial charge in [-0.15, -0.1) is 0 Å². The van der Waals surface area contributed by atoms with E-state index in [2.05, 4.69) is 5.32 Å². The molecule has 1 amide bonds. The molecule has 1 rings (SSSR count). The monoisotopic (exact) mass is 268 g/mol. The Labute approximate surface area is 113 Å². The van der Waals surface area contributed by atoms with Gasteiger partial charge in [0.15, 0.2) is 0 Å². The zero-order valence-electron chi connectivity index (χ0n) is 11.8. The molecular weight excluding hydrogens is 247 g/mol. The second-order valence-corrected chi connectivity index (χ2v) is 5.49. The van der Waals surface area contributed by atoms with E-state index >= 15 is 0 Å². The number of aryl methyl sites for hydroxylation is 1. The number of carbonyl (C=O) groups excluding carboxylic acids is 1. The average Bonchev–Trinajstić information content (AvgIpc) is 2.20. The van der Waals surface area contributed by atoms with Crippen LogP contribution in [0, 0.1) is 12.7 Å². The lowest BCUT2D eigenvalue weighted by molar-refractivity contribution is -0.117. The van der Waals surface area contributed by atoms with Crippen LogP contribution in [-0.2, 0) is 4.79 Å². The molecule has 5 heteroatoms. The highest BCUT2D eigenvalue weighted by atomic mass is 19.1. The van der Waals surface area contributed by atoms with Crippen molar-refractivity contribution < 1.29 is 14.3 Å². The van der Waals surface area contributed by atoms with E-state index in [1.165, 1.54) is 12.1 Å². The van der Waals surface area contributed by atoms with Gasteiger partial charge in [0, 0.05) is 12.2 Å². The summed E-state index contributed by atoms with van der Waals surface area (Å²) >= 11 is 0. The van der Waals surface area contributed by atoms with Crippen LogP contribution in [0.1, 0.15) is 19.4 Å². The van der Waals surface area contributed by atoms with E-state index < -0.39 is 5.60 Å². The smallest absolute Gasteiger partial charge is 0.238 e. The fraction of sp³-hybridized carbons (Fsp3) is 0.500. The van der Waals surface area contributed by atoms with Gasteiger partial charge in [0.05, 0.1) is 12.1 Å². The van der Waals surface area contributed by atoms with Crippen LogP contribution in [0.5, 0.6) is 0 Å². The van der Waals surface area contributed by atoms with Gasteiger partial charge in [0.1, 0.15) is 5.82 Å². The number of carbonyl (C=O) groups is 1. The molecule has 0 fully saturated rings. The molecule has 19 heavy (non-hydrogen) atoms. The largest absolute Gasteiger partial charge is 0.389 e. The van der Waals surface area contributed by atoms with Crippen LogP contribution in [0.4, 0.5) is 10.1 Å². The van der Waals surface area contributed by atoms with Gasteiger partial charge in [-0.25, -0.2) is 4.39 Å². The minimum atomic E-state index is -0.857. The second-order valence-electron chi connectivity index (χ2n) is 5.49. The third-order valence-electron chi connectivity index (χ3n) is 2.54. The number of anilines is 1. The molecule has 0 radical (unpaired) electrons. The summed E-state index contributed by atoms with van der Waals surface area (Å²) in [5.41, 5.74) is 0.422. The number of nitrogens with zero attached hydrogens (tertiary/aromatic N) is 1. The maximum absolute atomic E-state index is 13.1. The van der Waals surface area contributed by atoms with Crippen molar-refractivity contribution in [3.05, 3.63) is 29.6 Å². The third kappa shape index (κ3) is 5.81. The Hall–Kier alpha value is -1.46. The highest BCUT2D eigenvalue weighted by molar-refractivity contribution is 5.92. The fourth-order valence-electron chi connectivity index (χ4n) is 1.88. The normalized spacial score (nSPS) is 11.7. The predicted octanol–water partition coefficient (Wildman–Crippen LogP) is 1.78. The van der Waals surface area contributed by atoms with Crippen LogP contribution < -0.4 is 5.32 Å². The van der Waals surface area contributed by atoms with E-state index in [4.69, 9.17) is 0 Å². The number of hydrogen-bond donors (Lipinski definition) is 2. The van der Waals surface area contributed by atoms with E-state index in [-0.39, 0.29) is 18.3 Å². The van der Waals surface area contributed by atoms with Gasteiger partial charge in [-0.1, -0.05) is 6.07 Å². The van der Waals surface area contributed by atoms with Crippen molar-refractivity contribution in [1.82, 2.24) is 4.90 Å². The molecular formula is C14H21FN2O2. The highest BCUT2D eigenvalue weighted by Crippen LogP contribution is 2.15. The quantitative estimate of drug-likeness (QED) is 0.856. The van der Waals surface area contributed by atoms with Crippen molar-refractivity contribution in [3.63, 3.8) is 0 Å². The Kier molecular flexibility index (Phi) is 5.03. The minimum Gasteiger partial charge on any atom is -0.389 e. The minimum absolute atomic E-state index is 0.139. The average molecular weight is 268 g/mol. The summed E-state index contributed by atoms with van der Waals surface area (Å²) in [5.74, 6) is -0.619. The van der Waals surface area contributed by atoms with Gasteiger partial charge in [-0.2, -0.15) is 0 Å². The second kappa shape index (κ2) is 6.12. The summed E-state index contributed by atoms with van der Waals surface area (Å²) in [5, 5.41) is 12.3. The summed E-state index contributed by atoms with van der Waals surface area (Å²) < 4.78 is 13.1. The molecule has 0 saturated heterocycles. The zero-order chi connectivity index (χ0) is 14.6. The first-order valence-corrected chi connectivity index (χ1v) is 6.14. The van der Waals surface area contributed by atoms with Gasteiger partial charge >= 0.3 is 0 Å². The molecule has 0 bridgehead atoms. The Bertz CT molecular complexity index is 455. The number of amides is 1. The van der Waals surface area contributed by atoms with Crippen molar-refractivity contribution >= 4 is 11.6 Å². The van der Waals surface area contributed by atoms with E-state index in [9.17, 15) is 14.3 Å². The third-order valence-corrected chi connectivity index (χ3v) is 2.54. The molecule has 0 aliphatic heterocycles. The molecule has 2 N–H and O–H groups in total. The Morgan fingerprint density at radius 1 is 1.47 bits per heavy atom. The van der Waals surface area contributed by atoms with E-state index in [1.807, 2.05) is 0 Å². The van der Waals surface area contributed by atoms with Gasteiger partial charge < -0.3 is 10.4 Å². The summed E-state index contributed by atoms with van der Waals surface area (Å²) in [6.45, 7) is 5.67. The summed E-state index contributed by atoms with van der Waals surface area (Å²) in [4.78, 5) is 13.5. The maximum atomic E-state index is 13.1. The van der Waals surface area contributed by atoms with Crippen LogP contribution in [0.2, 0.25) is 0 Å². The lowest BCUT2D eigenvalue weighted by atomic mass is 10.1. The number of likely N-dealkylation sites (N-methyl/N-ethyl adjacent to an activating group) is 1. The topological polar surface area (TPSA) is 52.6 Å². The maximum Gasteiger partial charge on any atom is 0.238 e. The van der Waals surface area contributed by atoms with E-state index in [1.54, 1.807) is 38.8 Å². The first kappa shape index (κ1) is 15.6. The van der Waals surface area contributed by atoms with Crippen molar-refractivity contribution in [2.75, 3.05) is 25.5 Å². The lowest BCUT2D eigenvalue weighted by Crippen LogP contribution is -2.40. The van der Waals surface area contributed by atoms with Gasteiger partial charge in [-0.05, 0) is 45.5 Å². The van der Waals surface area contributed by atoms with Crippen LogP contribution >= 0.6 is 0 Å². The molecule has 4 nitrogen and oxygen atoms in total. The predicted molar refractivity (Wildman–Crippen MR) is 73.6 cm³/mol. The van der Waals surface area contributed by atoms with Gasteiger partial charge in [0.25, 0.3) is 0 Å². The van der Waals surface area contributed by atoms with Crippen LogP contribution in [-0.4, -0.2) is 41.7 Å². The Morgan fingerprint density at radius 3 is 2.68 bits per heavy atom. The lowest BCUT2D eigenvalue weighted by Gasteiger charge is -2.24.